The summed E-state index contributed by atoms with van der Waals surface area (Å²) in [6.45, 7) is 0. The molecule has 0 N–H and O–H groups in total. The first-order valence-electron chi connectivity index (χ1n) is 5.84. The largest absolute Gasteiger partial charge is 0.266 e. The summed E-state index contributed by atoms with van der Waals surface area (Å²) in [6.07, 6.45) is 0. The van der Waals surface area contributed by atoms with Crippen LogP contribution in [0.3, 0.4) is 0 Å². The number of sulfone groups is 1. The Kier molecular flexibility index (Phi) is 7.77. The lowest BCUT2D eigenvalue weighted by Crippen LogP contribution is -2.17. The van der Waals surface area contributed by atoms with Crippen molar-refractivity contribution in [2.45, 2.75) is 13.6 Å². The van der Waals surface area contributed by atoms with Crippen molar-refractivity contribution in [1.29, 1.82) is 0 Å². The molecule has 24 heavy (non-hydrogen) atoms. The molecule has 0 aliphatic rings. The predicted molar refractivity (Wildman–Crippen MR) is 118 cm³/mol. The van der Waals surface area contributed by atoms with Crippen molar-refractivity contribution in [2.75, 3.05) is 0 Å². The Labute approximate surface area is 193 Å². The first-order chi connectivity index (χ1) is 10.9. The Hall–Kier alpha value is 1.80. The molecule has 0 unspecified atom stereocenters. The smallest absolute Gasteiger partial charge is 0.220 e. The van der Waals surface area contributed by atoms with E-state index < -0.39 is 13.6 Å². The van der Waals surface area contributed by atoms with E-state index in [1.807, 2.05) is 12.1 Å². The molecule has 0 saturated heterocycles. The molecule has 0 bridgehead atoms. The van der Waals surface area contributed by atoms with Gasteiger partial charge in [0.1, 0.15) is 0 Å². The van der Waals surface area contributed by atoms with Crippen LogP contribution in [0, 0.1) is 0 Å². The topological polar surface area (TPSA) is 52.6 Å². The SMILES string of the molecule is O=S(=O)(c1ccc2ccc(SOOC(Br)(Br)Br)cc2c1)C(Br)(Br)Br. The number of hydrogen-bond acceptors (Lipinski definition) is 5. The second-order valence-corrected chi connectivity index (χ2v) is 22.0. The van der Waals surface area contributed by atoms with Crippen molar-refractivity contribution in [2.24, 2.45) is 0 Å². The monoisotopic (exact) mass is 751 g/mol. The van der Waals surface area contributed by atoms with E-state index in [2.05, 4.69) is 95.6 Å². The highest BCUT2D eigenvalue weighted by Gasteiger charge is 2.37. The van der Waals surface area contributed by atoms with Crippen molar-refractivity contribution >= 4 is 128 Å². The third-order valence-electron chi connectivity index (χ3n) is 2.66. The third kappa shape index (κ3) is 5.90. The highest BCUT2D eigenvalue weighted by Crippen LogP contribution is 2.43. The van der Waals surface area contributed by atoms with E-state index in [9.17, 15) is 8.42 Å². The average Bonchev–Trinajstić information content (AvgIpc) is 2.44. The van der Waals surface area contributed by atoms with Gasteiger partial charge in [0.2, 0.25) is 11.3 Å². The number of fused-ring (bicyclic) bond motifs is 1. The van der Waals surface area contributed by atoms with Gasteiger partial charge >= 0.3 is 0 Å². The Morgan fingerprint density at radius 3 is 2.08 bits per heavy atom. The van der Waals surface area contributed by atoms with E-state index in [1.165, 1.54) is 0 Å². The summed E-state index contributed by atoms with van der Waals surface area (Å²) in [5.74, 6) is 0. The fourth-order valence-corrected chi connectivity index (χ4v) is 5.10. The molecule has 0 radical (unpaired) electrons. The van der Waals surface area contributed by atoms with E-state index in [1.54, 1.807) is 24.3 Å². The van der Waals surface area contributed by atoms with Gasteiger partial charge in [-0.2, -0.15) is 9.22 Å². The molecule has 0 saturated carbocycles. The minimum atomic E-state index is -3.65. The van der Waals surface area contributed by atoms with Crippen molar-refractivity contribution in [3.63, 3.8) is 0 Å². The molecule has 0 fully saturated rings. The van der Waals surface area contributed by atoms with Gasteiger partial charge in [-0.25, -0.2) is 8.42 Å². The molecule has 0 atom stereocenters. The molecule has 0 amide bonds. The van der Waals surface area contributed by atoms with Gasteiger partial charge in [-0.05, 0) is 131 Å². The number of alkyl halides is 6. The lowest BCUT2D eigenvalue weighted by atomic mass is 10.1. The maximum atomic E-state index is 12.5. The van der Waals surface area contributed by atoms with Crippen LogP contribution < -0.4 is 0 Å². The van der Waals surface area contributed by atoms with Crippen LogP contribution >= 0.6 is 108 Å². The molecule has 0 heterocycles. The van der Waals surface area contributed by atoms with Gasteiger partial charge in [0.15, 0.2) is 0 Å². The molecule has 2 rings (SSSR count). The zero-order chi connectivity index (χ0) is 18.2. The van der Waals surface area contributed by atoms with Crippen LogP contribution in [0.1, 0.15) is 0 Å². The molecule has 0 aliphatic heterocycles. The van der Waals surface area contributed by atoms with Gasteiger partial charge in [-0.15, -0.1) is 0 Å². The highest BCUT2D eigenvalue weighted by atomic mass is 80.0. The van der Waals surface area contributed by atoms with Crippen LogP contribution in [0.5, 0.6) is 0 Å². The van der Waals surface area contributed by atoms with Crippen LogP contribution in [0.4, 0.5) is 0 Å². The second-order valence-electron chi connectivity index (χ2n) is 4.30. The molecule has 0 aliphatic carbocycles. The number of benzene rings is 2. The van der Waals surface area contributed by atoms with Crippen LogP contribution in [0.15, 0.2) is 46.2 Å². The zero-order valence-electron chi connectivity index (χ0n) is 11.2. The summed E-state index contributed by atoms with van der Waals surface area (Å²) in [6, 6.07) is 10.4. The third-order valence-corrected chi connectivity index (χ3v) is 8.96. The maximum Gasteiger partial charge on any atom is 0.266 e. The predicted octanol–water partition coefficient (Wildman–Crippen LogP) is 7.16. The Bertz CT molecular complexity index is 845. The normalized spacial score (nSPS) is 13.4. The summed E-state index contributed by atoms with van der Waals surface area (Å²) in [4.78, 5) is 5.88. The molecule has 4 nitrogen and oxygen atoms in total. The highest BCUT2D eigenvalue weighted by molar-refractivity contribution is 9.42. The molecule has 2 aromatic rings. The molecule has 0 spiro atoms. The van der Waals surface area contributed by atoms with Crippen molar-refractivity contribution < 1.29 is 17.6 Å². The van der Waals surface area contributed by atoms with E-state index in [4.69, 9.17) is 9.22 Å². The molecular weight excluding hydrogens is 752 g/mol. The molecular formula is C12H6Br6O4S2. The van der Waals surface area contributed by atoms with Gasteiger partial charge in [-0.1, -0.05) is 12.1 Å². The van der Waals surface area contributed by atoms with Gasteiger partial charge in [0, 0.05) is 4.90 Å². The molecule has 0 aromatic heterocycles. The molecule has 12 heteroatoms. The van der Waals surface area contributed by atoms with Gasteiger partial charge in [0.05, 0.1) is 16.9 Å². The van der Waals surface area contributed by atoms with E-state index in [-0.39, 0.29) is 4.90 Å². The Morgan fingerprint density at radius 1 is 0.875 bits per heavy atom. The summed E-state index contributed by atoms with van der Waals surface area (Å²) < 4.78 is 27.6. The van der Waals surface area contributed by atoms with Gasteiger partial charge in [0.25, 0.3) is 2.33 Å². The number of hydrogen-bond donors (Lipinski definition) is 0. The summed E-state index contributed by atoms with van der Waals surface area (Å²) in [5.41, 5.74) is 0. The Morgan fingerprint density at radius 2 is 1.50 bits per heavy atom. The van der Waals surface area contributed by atoms with Crippen LogP contribution in [0.25, 0.3) is 10.8 Å². The summed E-state index contributed by atoms with van der Waals surface area (Å²) >= 11 is 19.6. The van der Waals surface area contributed by atoms with Gasteiger partial charge < -0.3 is 0 Å². The first kappa shape index (κ1) is 22.1. The zero-order valence-corrected chi connectivity index (χ0v) is 22.3. The van der Waals surface area contributed by atoms with Crippen molar-refractivity contribution in [3.05, 3.63) is 36.4 Å². The van der Waals surface area contributed by atoms with Crippen LogP contribution in [0.2, 0.25) is 0 Å². The number of rotatable bonds is 4. The van der Waals surface area contributed by atoms with Crippen LogP contribution in [-0.4, -0.2) is 12.2 Å². The fourth-order valence-electron chi connectivity index (χ4n) is 1.65. The lowest BCUT2D eigenvalue weighted by molar-refractivity contribution is -0.184. The van der Waals surface area contributed by atoms with E-state index >= 15 is 0 Å². The average molecular weight is 758 g/mol. The standard InChI is InChI=1S/C12H6Br6O4S2/c13-11(14,15)21-22-23-9-3-1-7-2-4-10(6-8(7)5-9)24(19,20)12(16,17)18/h1-6H. The lowest BCUT2D eigenvalue weighted by Gasteiger charge is -2.14. The quantitative estimate of drug-likeness (QED) is 0.144. The minimum absolute atomic E-state index is 0.167. The summed E-state index contributed by atoms with van der Waals surface area (Å²) in [7, 11) is -3.65. The Balaban J connectivity index is 2.31. The van der Waals surface area contributed by atoms with E-state index in [0.29, 0.717) is 0 Å². The number of halogens is 6. The van der Waals surface area contributed by atoms with E-state index in [0.717, 1.165) is 27.7 Å². The maximum absolute atomic E-state index is 12.5. The van der Waals surface area contributed by atoms with Crippen LogP contribution in [-0.2, 0) is 19.1 Å². The minimum Gasteiger partial charge on any atom is -0.220 e. The van der Waals surface area contributed by atoms with Crippen molar-refractivity contribution in [1.82, 2.24) is 0 Å². The molecule has 2 aromatic carbocycles. The molecule has 132 valence electrons. The van der Waals surface area contributed by atoms with Crippen molar-refractivity contribution in [3.8, 4) is 0 Å². The van der Waals surface area contributed by atoms with Gasteiger partial charge in [-0.3, -0.25) is 0 Å². The first-order valence-corrected chi connectivity index (χ1v) is 12.8. The summed E-state index contributed by atoms with van der Waals surface area (Å²) in [5, 5.41) is 1.66. The second kappa shape index (κ2) is 8.44. The fraction of sp³-hybridized carbons (Fsp3) is 0.167.